The number of hydrogen-bond donors (Lipinski definition) is 4. The molecular formula is C29H25ClFN3O6. The van der Waals surface area contributed by atoms with E-state index in [1.54, 1.807) is 0 Å². The molecule has 0 saturated heterocycles. The number of nitrogens with zero attached hydrogens (tertiary/aromatic N) is 2. The fourth-order valence-electron chi connectivity index (χ4n) is 4.22. The van der Waals surface area contributed by atoms with Crippen molar-refractivity contribution in [2.24, 2.45) is 0 Å². The van der Waals surface area contributed by atoms with E-state index in [-0.39, 0.29) is 41.4 Å². The predicted octanol–water partition coefficient (Wildman–Crippen LogP) is 4.27. The molecule has 2 atom stereocenters. The number of carboxylic acid groups (broad SMARTS) is 2. The molecule has 0 spiro atoms. The summed E-state index contributed by atoms with van der Waals surface area (Å²) in [6.07, 6.45) is -1.85. The van der Waals surface area contributed by atoms with E-state index < -0.39 is 35.8 Å². The molecule has 0 aliphatic rings. The molecule has 0 saturated carbocycles. The maximum absolute atomic E-state index is 13.7. The van der Waals surface area contributed by atoms with Crippen LogP contribution in [0.5, 0.6) is 0 Å². The number of aliphatic carboxylic acids is 1. The molecule has 4 N–H and O–H groups in total. The molecule has 40 heavy (non-hydrogen) atoms. The second-order valence-electron chi connectivity index (χ2n) is 9.14. The summed E-state index contributed by atoms with van der Waals surface area (Å²) >= 11 is 6.11. The normalized spacial score (nSPS) is 12.5. The van der Waals surface area contributed by atoms with E-state index in [0.717, 1.165) is 39.6 Å². The van der Waals surface area contributed by atoms with Crippen LogP contribution < -0.4 is 5.32 Å². The Bertz CT molecular complexity index is 1520. The van der Waals surface area contributed by atoms with Gasteiger partial charge in [-0.2, -0.15) is 5.10 Å². The Kier molecular flexibility index (Phi) is 8.93. The minimum atomic E-state index is -1.74. The zero-order chi connectivity index (χ0) is 28.8. The van der Waals surface area contributed by atoms with Crippen molar-refractivity contribution in [2.75, 3.05) is 0 Å². The third-order valence-corrected chi connectivity index (χ3v) is 6.60. The van der Waals surface area contributed by atoms with E-state index in [2.05, 4.69) is 10.4 Å². The fraction of sp³-hybridized carbons (Fsp3) is 0.172. The van der Waals surface area contributed by atoms with Crippen LogP contribution in [-0.4, -0.2) is 55.1 Å². The van der Waals surface area contributed by atoms with Crippen molar-refractivity contribution in [1.82, 2.24) is 15.1 Å². The summed E-state index contributed by atoms with van der Waals surface area (Å²) in [5, 5.41) is 35.8. The van der Waals surface area contributed by atoms with Gasteiger partial charge in [-0.25, -0.2) is 14.0 Å². The summed E-state index contributed by atoms with van der Waals surface area (Å²) < 4.78 is 14.7. The average molecular weight is 566 g/mol. The van der Waals surface area contributed by atoms with Crippen molar-refractivity contribution in [3.8, 4) is 11.1 Å². The Labute approximate surface area is 233 Å². The van der Waals surface area contributed by atoms with Crippen molar-refractivity contribution in [3.05, 3.63) is 112 Å². The van der Waals surface area contributed by atoms with E-state index in [4.69, 9.17) is 11.6 Å². The van der Waals surface area contributed by atoms with Crippen LogP contribution in [0.3, 0.4) is 0 Å². The van der Waals surface area contributed by atoms with Gasteiger partial charge in [0.25, 0.3) is 5.91 Å². The van der Waals surface area contributed by atoms with E-state index in [1.807, 2.05) is 54.6 Å². The first-order chi connectivity index (χ1) is 19.1. The Hall–Kier alpha value is -4.54. The summed E-state index contributed by atoms with van der Waals surface area (Å²) in [6, 6.07) is 21.0. The lowest BCUT2D eigenvalue weighted by Crippen LogP contribution is -2.40. The number of carbonyl (C=O) groups is 3. The van der Waals surface area contributed by atoms with Crippen LogP contribution in [0.1, 0.15) is 38.5 Å². The lowest BCUT2D eigenvalue weighted by molar-refractivity contribution is -0.147. The van der Waals surface area contributed by atoms with Crippen molar-refractivity contribution >= 4 is 29.4 Å². The van der Waals surface area contributed by atoms with Gasteiger partial charge >= 0.3 is 11.9 Å². The number of benzene rings is 3. The maximum atomic E-state index is 13.7. The molecule has 1 heterocycles. The molecule has 2 unspecified atom stereocenters. The van der Waals surface area contributed by atoms with Crippen molar-refractivity contribution in [3.63, 3.8) is 0 Å². The lowest BCUT2D eigenvalue weighted by atomic mass is 9.97. The van der Waals surface area contributed by atoms with Gasteiger partial charge in [-0.05, 0) is 46.9 Å². The van der Waals surface area contributed by atoms with E-state index in [1.165, 1.54) is 6.07 Å². The second kappa shape index (κ2) is 12.5. The summed E-state index contributed by atoms with van der Waals surface area (Å²) in [7, 11) is 0. The topological polar surface area (TPSA) is 142 Å². The van der Waals surface area contributed by atoms with Crippen LogP contribution in [0.2, 0.25) is 5.02 Å². The molecule has 1 amide bonds. The van der Waals surface area contributed by atoms with Gasteiger partial charge < -0.3 is 20.6 Å². The maximum Gasteiger partial charge on any atom is 0.354 e. The standard InChI is InChI=1S/C29H25ClFN3O6/c30-23-11-10-21(31)13-20(23)16-34-25(28(37)38)15-24(33-34)27(36)32-22(14-26(35)29(39)40)12-17-6-8-19(9-7-17)18-4-2-1-3-5-18/h1-11,13,15,22,26,35H,12,14,16H2,(H,32,36)(H,37,38)(H,39,40). The van der Waals surface area contributed by atoms with E-state index >= 15 is 0 Å². The third-order valence-electron chi connectivity index (χ3n) is 6.23. The number of carboxylic acids is 2. The highest BCUT2D eigenvalue weighted by atomic mass is 35.5. The monoisotopic (exact) mass is 565 g/mol. The highest BCUT2D eigenvalue weighted by molar-refractivity contribution is 6.31. The first-order valence-corrected chi connectivity index (χ1v) is 12.6. The zero-order valence-electron chi connectivity index (χ0n) is 21.0. The van der Waals surface area contributed by atoms with Crippen LogP contribution in [0, 0.1) is 5.82 Å². The van der Waals surface area contributed by atoms with Crippen LogP contribution in [0.4, 0.5) is 4.39 Å². The molecule has 4 aromatic rings. The molecular weight excluding hydrogens is 541 g/mol. The third kappa shape index (κ3) is 7.10. The summed E-state index contributed by atoms with van der Waals surface area (Å²) in [6.45, 7) is -0.208. The Morgan fingerprint density at radius 1 is 0.950 bits per heavy atom. The summed E-state index contributed by atoms with van der Waals surface area (Å²) in [5.74, 6) is -4.15. The summed E-state index contributed by atoms with van der Waals surface area (Å²) in [5.41, 5.74) is 2.45. The molecule has 0 radical (unpaired) electrons. The van der Waals surface area contributed by atoms with Crippen molar-refractivity contribution < 1.29 is 34.1 Å². The number of amides is 1. The highest BCUT2D eigenvalue weighted by Gasteiger charge is 2.25. The molecule has 206 valence electrons. The van der Waals surface area contributed by atoms with Gasteiger partial charge in [-0.3, -0.25) is 9.48 Å². The van der Waals surface area contributed by atoms with Crippen LogP contribution >= 0.6 is 11.6 Å². The van der Waals surface area contributed by atoms with Crippen LogP contribution in [0.25, 0.3) is 11.1 Å². The predicted molar refractivity (Wildman–Crippen MR) is 145 cm³/mol. The van der Waals surface area contributed by atoms with Gasteiger partial charge in [0.1, 0.15) is 11.5 Å². The number of aliphatic hydroxyl groups excluding tert-OH is 1. The minimum absolute atomic E-state index is 0.191. The Balaban J connectivity index is 1.55. The van der Waals surface area contributed by atoms with Gasteiger partial charge in [0, 0.05) is 23.6 Å². The number of halogens is 2. The molecule has 11 heteroatoms. The van der Waals surface area contributed by atoms with Gasteiger partial charge in [0.05, 0.1) is 6.54 Å². The smallest absolute Gasteiger partial charge is 0.354 e. The number of aromatic nitrogens is 2. The molecule has 3 aromatic carbocycles. The molecule has 4 rings (SSSR count). The summed E-state index contributed by atoms with van der Waals surface area (Å²) in [4.78, 5) is 36.2. The second-order valence-corrected chi connectivity index (χ2v) is 9.55. The van der Waals surface area contributed by atoms with E-state index in [0.29, 0.717) is 0 Å². The molecule has 1 aromatic heterocycles. The van der Waals surface area contributed by atoms with E-state index in [9.17, 15) is 34.1 Å². The SMILES string of the molecule is O=C(NC(Cc1ccc(-c2ccccc2)cc1)CC(O)C(=O)O)c1cc(C(=O)O)n(Cc2cc(F)ccc2Cl)n1. The number of nitrogens with one attached hydrogen (secondary N) is 1. The molecule has 0 aliphatic heterocycles. The average Bonchev–Trinajstić information content (AvgIpc) is 3.36. The highest BCUT2D eigenvalue weighted by Crippen LogP contribution is 2.21. The number of aliphatic hydroxyl groups is 1. The van der Waals surface area contributed by atoms with Gasteiger partial charge in [-0.1, -0.05) is 66.2 Å². The number of hydrogen-bond acceptors (Lipinski definition) is 5. The Morgan fingerprint density at radius 2 is 1.62 bits per heavy atom. The Morgan fingerprint density at radius 3 is 2.27 bits per heavy atom. The number of rotatable bonds is 11. The molecule has 9 nitrogen and oxygen atoms in total. The van der Waals surface area contributed by atoms with Gasteiger partial charge in [-0.15, -0.1) is 0 Å². The van der Waals surface area contributed by atoms with Crippen molar-refractivity contribution in [1.29, 1.82) is 0 Å². The number of aromatic carboxylic acids is 1. The molecule has 0 aliphatic carbocycles. The largest absolute Gasteiger partial charge is 0.479 e. The fourth-order valence-corrected chi connectivity index (χ4v) is 4.39. The minimum Gasteiger partial charge on any atom is -0.479 e. The van der Waals surface area contributed by atoms with Gasteiger partial charge in [0.15, 0.2) is 11.8 Å². The van der Waals surface area contributed by atoms with Crippen LogP contribution in [-0.2, 0) is 17.8 Å². The zero-order valence-corrected chi connectivity index (χ0v) is 21.8. The molecule has 0 bridgehead atoms. The van der Waals surface area contributed by atoms with Crippen LogP contribution in [0.15, 0.2) is 78.9 Å². The molecule has 0 fully saturated rings. The number of carbonyl (C=O) groups excluding carboxylic acids is 1. The quantitative estimate of drug-likeness (QED) is 0.213. The van der Waals surface area contributed by atoms with Gasteiger partial charge in [0.2, 0.25) is 0 Å². The first kappa shape index (κ1) is 28.5. The lowest BCUT2D eigenvalue weighted by Gasteiger charge is -2.20. The van der Waals surface area contributed by atoms with Crippen molar-refractivity contribution in [2.45, 2.75) is 31.5 Å². The first-order valence-electron chi connectivity index (χ1n) is 12.2.